The van der Waals surface area contributed by atoms with Crippen LogP contribution in [-0.4, -0.2) is 109 Å². The van der Waals surface area contributed by atoms with Gasteiger partial charge in [0, 0.05) is 49.9 Å². The zero-order chi connectivity index (χ0) is 40.3. The number of carbonyl (C=O) groups excluding carboxylic acids is 6. The van der Waals surface area contributed by atoms with Gasteiger partial charge >= 0.3 is 0 Å². The summed E-state index contributed by atoms with van der Waals surface area (Å²) >= 11 is 0. The first-order chi connectivity index (χ1) is 27.6. The normalized spacial score (nSPS) is 17.4. The fraction of sp³-hybridized carbons (Fsp3) is 0.500. The summed E-state index contributed by atoms with van der Waals surface area (Å²) in [4.78, 5) is 83.2. The van der Waals surface area contributed by atoms with Crippen molar-refractivity contribution in [1.82, 2.24) is 30.7 Å². The fourth-order valence-electron chi connectivity index (χ4n) is 7.69. The maximum absolute atomic E-state index is 13.2. The molecular weight excluding hydrogens is 729 g/mol. The third-order valence-electron chi connectivity index (χ3n) is 11.0. The number of pyridine rings is 1. The van der Waals surface area contributed by atoms with E-state index in [1.54, 1.807) is 19.3 Å². The number of hydrogen-bond acceptors (Lipinski definition) is 11. The van der Waals surface area contributed by atoms with Crippen LogP contribution in [0, 0.1) is 0 Å². The van der Waals surface area contributed by atoms with Gasteiger partial charge in [0.25, 0.3) is 23.6 Å². The lowest BCUT2D eigenvalue weighted by Crippen LogP contribution is -2.54. The molecule has 1 aromatic heterocycles. The number of imide groups is 2. The molecule has 2 aromatic carbocycles. The van der Waals surface area contributed by atoms with Crippen molar-refractivity contribution in [2.75, 3.05) is 57.5 Å². The number of rotatable bonds is 19. The Bertz CT molecular complexity index is 1980. The monoisotopic (exact) mass is 782 g/mol. The number of nitrogens with zero attached hydrogens (tertiary/aromatic N) is 3. The fourth-order valence-corrected chi connectivity index (χ4v) is 7.69. The Morgan fingerprint density at radius 3 is 2.33 bits per heavy atom. The van der Waals surface area contributed by atoms with E-state index in [1.807, 2.05) is 12.1 Å². The van der Waals surface area contributed by atoms with E-state index in [-0.39, 0.29) is 48.1 Å². The molecule has 6 amide bonds. The second-order valence-electron chi connectivity index (χ2n) is 15.1. The van der Waals surface area contributed by atoms with E-state index in [0.29, 0.717) is 18.2 Å². The number of hydrogen-bond donors (Lipinski definition) is 5. The number of piperidine rings is 2. The lowest BCUT2D eigenvalue weighted by atomic mass is 10.0. The summed E-state index contributed by atoms with van der Waals surface area (Å²) in [6, 6.07) is 9.93. The molecule has 15 nitrogen and oxygen atoms in total. The van der Waals surface area contributed by atoms with Gasteiger partial charge in [-0.1, -0.05) is 44.6 Å². The Morgan fingerprint density at radius 1 is 0.895 bits per heavy atom. The molecule has 57 heavy (non-hydrogen) atoms. The average Bonchev–Trinajstić information content (AvgIpc) is 3.46. The van der Waals surface area contributed by atoms with Crippen LogP contribution in [0.25, 0.3) is 10.9 Å². The topological polar surface area (TPSA) is 191 Å². The van der Waals surface area contributed by atoms with Crippen LogP contribution in [0.15, 0.2) is 42.6 Å². The van der Waals surface area contributed by atoms with Crippen LogP contribution < -0.4 is 31.3 Å². The number of likely N-dealkylation sites (tertiary alicyclic amines) is 1. The van der Waals surface area contributed by atoms with E-state index in [2.05, 4.69) is 49.6 Å². The predicted molar refractivity (Wildman–Crippen MR) is 216 cm³/mol. The lowest BCUT2D eigenvalue weighted by molar-refractivity contribution is -0.136. The number of anilines is 2. The number of aromatic nitrogens is 1. The molecule has 15 heteroatoms. The predicted octanol–water partition coefficient (Wildman–Crippen LogP) is 4.23. The molecule has 0 spiro atoms. The van der Waals surface area contributed by atoms with Crippen molar-refractivity contribution in [2.24, 2.45) is 0 Å². The molecule has 0 bridgehead atoms. The van der Waals surface area contributed by atoms with Crippen LogP contribution in [-0.2, 0) is 14.4 Å². The Hall–Kier alpha value is -5.57. The van der Waals surface area contributed by atoms with Gasteiger partial charge in [-0.15, -0.1) is 0 Å². The standard InChI is InChI=1S/C42H54N8O7/c1-43-39(53)31-25-46-32-15-14-28(24-30(32)38(31)47-27-18-22-49(2)23-19-27)44-20-9-7-5-3-4-6-8-10-21-45-36(52)26-57-34-13-11-12-29-37(34)42(56)50(41(29)55)33-16-17-35(51)48-40(33)54/h11-15,24-25,27,33,44H,3-10,16-23,26H2,1-2H3,(H,43,53)(H,45,52)(H,46,47)(H,48,51,54). The molecular formula is C42H54N8O7. The summed E-state index contributed by atoms with van der Waals surface area (Å²) in [5.41, 5.74) is 3.39. The minimum absolute atomic E-state index is 0.0161. The molecule has 4 heterocycles. The summed E-state index contributed by atoms with van der Waals surface area (Å²) in [5.74, 6) is -2.82. The van der Waals surface area contributed by atoms with Crippen molar-refractivity contribution in [1.29, 1.82) is 0 Å². The molecule has 2 saturated heterocycles. The number of fused-ring (bicyclic) bond motifs is 2. The Labute approximate surface area is 333 Å². The van der Waals surface area contributed by atoms with Crippen molar-refractivity contribution in [3.63, 3.8) is 0 Å². The first kappa shape index (κ1) is 41.1. The highest BCUT2D eigenvalue weighted by Gasteiger charge is 2.46. The lowest BCUT2D eigenvalue weighted by Gasteiger charge is -2.31. The number of amides is 6. The van der Waals surface area contributed by atoms with Gasteiger partial charge in [-0.3, -0.25) is 44.0 Å². The first-order valence-corrected chi connectivity index (χ1v) is 20.2. The first-order valence-electron chi connectivity index (χ1n) is 20.2. The van der Waals surface area contributed by atoms with E-state index < -0.39 is 29.7 Å². The molecule has 1 unspecified atom stereocenters. The Kier molecular flexibility index (Phi) is 14.1. The van der Waals surface area contributed by atoms with E-state index >= 15 is 0 Å². The number of benzene rings is 2. The Balaban J connectivity index is 0.842. The summed E-state index contributed by atoms with van der Waals surface area (Å²) in [7, 11) is 3.78. The zero-order valence-electron chi connectivity index (χ0n) is 32.9. The van der Waals surface area contributed by atoms with Gasteiger partial charge in [0.15, 0.2) is 6.61 Å². The number of ether oxygens (including phenoxy) is 1. The SMILES string of the molecule is CNC(=O)c1cnc2ccc(NCCCCCCCCCCNC(=O)COc3cccc4c3C(=O)N(C3CCC(=O)NC3=O)C4=O)cc2c1NC1CCN(C)CC1. The zero-order valence-corrected chi connectivity index (χ0v) is 32.9. The minimum atomic E-state index is -1.08. The molecule has 6 rings (SSSR count). The molecule has 0 aliphatic carbocycles. The number of carbonyl (C=O) groups is 6. The maximum Gasteiger partial charge on any atom is 0.266 e. The highest BCUT2D eigenvalue weighted by Crippen LogP contribution is 2.34. The molecule has 1 atom stereocenters. The van der Waals surface area contributed by atoms with Crippen molar-refractivity contribution in [2.45, 2.75) is 89.1 Å². The second kappa shape index (κ2) is 19.5. The highest BCUT2D eigenvalue weighted by atomic mass is 16.5. The summed E-state index contributed by atoms with van der Waals surface area (Å²) in [6.07, 6.45) is 12.3. The number of nitrogens with one attached hydrogen (secondary N) is 5. The second-order valence-corrected chi connectivity index (χ2v) is 15.1. The van der Waals surface area contributed by atoms with Crippen molar-refractivity contribution < 1.29 is 33.5 Å². The van der Waals surface area contributed by atoms with Gasteiger partial charge in [-0.05, 0) is 82.6 Å². The van der Waals surface area contributed by atoms with E-state index in [1.165, 1.54) is 12.1 Å². The third-order valence-corrected chi connectivity index (χ3v) is 11.0. The average molecular weight is 783 g/mol. The largest absolute Gasteiger partial charge is 0.483 e. The van der Waals surface area contributed by atoms with Crippen LogP contribution in [0.1, 0.15) is 108 Å². The Morgan fingerprint density at radius 2 is 1.61 bits per heavy atom. The summed E-state index contributed by atoms with van der Waals surface area (Å²) in [5, 5.41) is 16.0. The van der Waals surface area contributed by atoms with Crippen molar-refractivity contribution in [3.05, 3.63) is 59.3 Å². The summed E-state index contributed by atoms with van der Waals surface area (Å²) < 4.78 is 5.66. The molecule has 3 aliphatic rings. The van der Waals surface area contributed by atoms with Crippen LogP contribution >= 0.6 is 0 Å². The molecule has 2 fully saturated rings. The van der Waals surface area contributed by atoms with E-state index in [4.69, 9.17) is 4.74 Å². The molecule has 5 N–H and O–H groups in total. The molecule has 0 radical (unpaired) electrons. The highest BCUT2D eigenvalue weighted by molar-refractivity contribution is 6.24. The minimum Gasteiger partial charge on any atom is -0.483 e. The van der Waals surface area contributed by atoms with Gasteiger partial charge in [0.1, 0.15) is 11.8 Å². The van der Waals surface area contributed by atoms with Gasteiger partial charge < -0.3 is 30.9 Å². The van der Waals surface area contributed by atoms with Gasteiger partial charge in [0.05, 0.1) is 27.9 Å². The smallest absolute Gasteiger partial charge is 0.266 e. The maximum atomic E-state index is 13.2. The van der Waals surface area contributed by atoms with Crippen molar-refractivity contribution >= 4 is 57.7 Å². The molecule has 3 aromatic rings. The van der Waals surface area contributed by atoms with Crippen LogP contribution in [0.4, 0.5) is 11.4 Å². The van der Waals surface area contributed by atoms with Crippen LogP contribution in [0.5, 0.6) is 5.75 Å². The van der Waals surface area contributed by atoms with Gasteiger partial charge in [-0.25, -0.2) is 0 Å². The van der Waals surface area contributed by atoms with Crippen LogP contribution in [0.2, 0.25) is 0 Å². The molecule has 304 valence electrons. The van der Waals surface area contributed by atoms with E-state index in [0.717, 1.165) is 111 Å². The molecule has 3 aliphatic heterocycles. The van der Waals surface area contributed by atoms with Gasteiger partial charge in [-0.2, -0.15) is 0 Å². The molecule has 0 saturated carbocycles. The summed E-state index contributed by atoms with van der Waals surface area (Å²) in [6.45, 7) is 3.09. The number of unbranched alkanes of at least 4 members (excludes halogenated alkanes) is 7. The van der Waals surface area contributed by atoms with E-state index in [9.17, 15) is 28.8 Å². The van der Waals surface area contributed by atoms with Gasteiger partial charge in [0.2, 0.25) is 11.8 Å². The van der Waals surface area contributed by atoms with Crippen LogP contribution in [0.3, 0.4) is 0 Å². The van der Waals surface area contributed by atoms with Crippen molar-refractivity contribution in [3.8, 4) is 5.75 Å². The third kappa shape index (κ3) is 10.2. The quantitative estimate of drug-likeness (QED) is 0.0864.